The molecule has 0 atom stereocenters. The zero-order chi connectivity index (χ0) is 18.4. The summed E-state index contributed by atoms with van der Waals surface area (Å²) in [5.41, 5.74) is 1.61. The van der Waals surface area contributed by atoms with Crippen molar-refractivity contribution in [2.24, 2.45) is 0 Å². The van der Waals surface area contributed by atoms with Gasteiger partial charge < -0.3 is 14.8 Å². The van der Waals surface area contributed by atoms with Crippen molar-refractivity contribution in [3.05, 3.63) is 53.6 Å². The lowest BCUT2D eigenvalue weighted by molar-refractivity contribution is 0.102. The minimum absolute atomic E-state index is 0.150. The van der Waals surface area contributed by atoms with E-state index in [2.05, 4.69) is 5.32 Å². The van der Waals surface area contributed by atoms with Gasteiger partial charge in [0.05, 0.1) is 18.6 Å². The van der Waals surface area contributed by atoms with E-state index in [9.17, 15) is 13.2 Å². The van der Waals surface area contributed by atoms with Crippen LogP contribution in [-0.2, 0) is 21.2 Å². The van der Waals surface area contributed by atoms with Gasteiger partial charge in [-0.05, 0) is 43.3 Å². The first-order chi connectivity index (χ1) is 11.8. The van der Waals surface area contributed by atoms with E-state index in [0.29, 0.717) is 30.2 Å². The standard InChI is InChI=1S/C18H21NO5S/c1-4-24-12-14-10-13(8-9-17(14)23-2)18(20)19-15-6-5-7-16(11-15)25(3,21)22/h5-11H,4,12H2,1-3H3,(H,19,20). The number of rotatable bonds is 7. The summed E-state index contributed by atoms with van der Waals surface area (Å²) in [5.74, 6) is 0.301. The van der Waals surface area contributed by atoms with Gasteiger partial charge in [-0.2, -0.15) is 0 Å². The van der Waals surface area contributed by atoms with Crippen molar-refractivity contribution < 1.29 is 22.7 Å². The quantitative estimate of drug-likeness (QED) is 0.818. The van der Waals surface area contributed by atoms with Gasteiger partial charge >= 0.3 is 0 Å². The number of hydrogen-bond acceptors (Lipinski definition) is 5. The van der Waals surface area contributed by atoms with E-state index in [1.165, 1.54) is 12.1 Å². The number of carbonyl (C=O) groups excluding carboxylic acids is 1. The maximum Gasteiger partial charge on any atom is 0.255 e. The normalized spacial score (nSPS) is 11.2. The molecule has 2 rings (SSSR count). The average molecular weight is 363 g/mol. The van der Waals surface area contributed by atoms with Crippen LogP contribution in [0.2, 0.25) is 0 Å². The molecule has 0 aliphatic heterocycles. The van der Waals surface area contributed by atoms with Gasteiger partial charge in [0.2, 0.25) is 0 Å². The first-order valence-corrected chi connectivity index (χ1v) is 9.60. The number of methoxy groups -OCH3 is 1. The van der Waals surface area contributed by atoms with Crippen LogP contribution in [0.5, 0.6) is 5.75 Å². The first-order valence-electron chi connectivity index (χ1n) is 7.71. The van der Waals surface area contributed by atoms with Gasteiger partial charge in [0.25, 0.3) is 5.91 Å². The van der Waals surface area contributed by atoms with Crippen LogP contribution < -0.4 is 10.1 Å². The van der Waals surface area contributed by atoms with Crippen molar-refractivity contribution in [3.63, 3.8) is 0 Å². The third-order valence-corrected chi connectivity index (χ3v) is 4.63. The number of anilines is 1. The molecule has 0 saturated carbocycles. The third kappa shape index (κ3) is 5.04. The molecule has 6 nitrogen and oxygen atoms in total. The number of carbonyl (C=O) groups is 1. The van der Waals surface area contributed by atoms with E-state index >= 15 is 0 Å². The van der Waals surface area contributed by atoms with Gasteiger partial charge in [-0.3, -0.25) is 4.79 Å². The monoisotopic (exact) mass is 363 g/mol. The summed E-state index contributed by atoms with van der Waals surface area (Å²) in [4.78, 5) is 12.6. The summed E-state index contributed by atoms with van der Waals surface area (Å²) < 4.78 is 33.9. The Morgan fingerprint density at radius 2 is 1.92 bits per heavy atom. The van der Waals surface area contributed by atoms with Crippen LogP contribution in [0.4, 0.5) is 5.69 Å². The average Bonchev–Trinajstić information content (AvgIpc) is 2.59. The van der Waals surface area contributed by atoms with Gasteiger partial charge in [0.15, 0.2) is 9.84 Å². The lowest BCUT2D eigenvalue weighted by atomic mass is 10.1. The van der Waals surface area contributed by atoms with E-state index < -0.39 is 9.84 Å². The molecular formula is C18H21NO5S. The topological polar surface area (TPSA) is 81.7 Å². The van der Waals surface area contributed by atoms with Crippen LogP contribution in [0, 0.1) is 0 Å². The van der Waals surface area contributed by atoms with Crippen LogP contribution in [0.3, 0.4) is 0 Å². The Labute approximate surface area is 147 Å². The zero-order valence-electron chi connectivity index (χ0n) is 14.4. The molecule has 0 bridgehead atoms. The van der Waals surface area contributed by atoms with Crippen molar-refractivity contribution in [2.45, 2.75) is 18.4 Å². The molecule has 2 aromatic rings. The highest BCUT2D eigenvalue weighted by Crippen LogP contribution is 2.22. The molecule has 0 spiro atoms. The van der Waals surface area contributed by atoms with E-state index in [4.69, 9.17) is 9.47 Å². The predicted molar refractivity (Wildman–Crippen MR) is 95.8 cm³/mol. The molecule has 0 radical (unpaired) electrons. The van der Waals surface area contributed by atoms with Gasteiger partial charge in [-0.25, -0.2) is 8.42 Å². The molecular weight excluding hydrogens is 342 g/mol. The number of amides is 1. The molecule has 0 aliphatic rings. The Morgan fingerprint density at radius 3 is 2.56 bits per heavy atom. The number of nitrogens with one attached hydrogen (secondary N) is 1. The van der Waals surface area contributed by atoms with E-state index in [1.54, 1.807) is 37.4 Å². The van der Waals surface area contributed by atoms with E-state index in [0.717, 1.165) is 11.8 Å². The van der Waals surface area contributed by atoms with Crippen molar-refractivity contribution in [2.75, 3.05) is 25.3 Å². The second-order valence-corrected chi connectivity index (χ2v) is 7.43. The van der Waals surface area contributed by atoms with Crippen LogP contribution in [0.15, 0.2) is 47.4 Å². The van der Waals surface area contributed by atoms with E-state index in [1.807, 2.05) is 6.92 Å². The second-order valence-electron chi connectivity index (χ2n) is 5.42. The van der Waals surface area contributed by atoms with Crippen LogP contribution in [-0.4, -0.2) is 34.3 Å². The lowest BCUT2D eigenvalue weighted by Crippen LogP contribution is -2.13. The molecule has 0 fully saturated rings. The third-order valence-electron chi connectivity index (χ3n) is 3.52. The highest BCUT2D eigenvalue weighted by atomic mass is 32.2. The van der Waals surface area contributed by atoms with Gasteiger partial charge in [0, 0.05) is 29.7 Å². The predicted octanol–water partition coefficient (Wildman–Crippen LogP) is 2.89. The fourth-order valence-electron chi connectivity index (χ4n) is 2.25. The maximum atomic E-state index is 12.5. The number of benzene rings is 2. The van der Waals surface area contributed by atoms with Crippen molar-refractivity contribution in [1.82, 2.24) is 0 Å². The largest absolute Gasteiger partial charge is 0.496 e. The van der Waals surface area contributed by atoms with Gasteiger partial charge in [-0.15, -0.1) is 0 Å². The lowest BCUT2D eigenvalue weighted by Gasteiger charge is -2.11. The highest BCUT2D eigenvalue weighted by Gasteiger charge is 2.12. The summed E-state index contributed by atoms with van der Waals surface area (Å²) in [6.07, 6.45) is 1.12. The Kier molecular flexibility index (Phi) is 6.17. The van der Waals surface area contributed by atoms with Crippen LogP contribution >= 0.6 is 0 Å². The summed E-state index contributed by atoms with van der Waals surface area (Å²) in [6.45, 7) is 2.78. The fraction of sp³-hybridized carbons (Fsp3) is 0.278. The van der Waals surface area contributed by atoms with Gasteiger partial charge in [0.1, 0.15) is 5.75 Å². The molecule has 0 aliphatic carbocycles. The summed E-state index contributed by atoms with van der Waals surface area (Å²) in [6, 6.07) is 11.2. The molecule has 25 heavy (non-hydrogen) atoms. The molecule has 0 saturated heterocycles. The minimum atomic E-state index is -3.34. The van der Waals surface area contributed by atoms with Crippen molar-refractivity contribution in [1.29, 1.82) is 0 Å². The van der Waals surface area contributed by atoms with E-state index in [-0.39, 0.29) is 10.8 Å². The SMILES string of the molecule is CCOCc1cc(C(=O)Nc2cccc(S(C)(=O)=O)c2)ccc1OC. The Morgan fingerprint density at radius 1 is 1.16 bits per heavy atom. The highest BCUT2D eigenvalue weighted by molar-refractivity contribution is 7.90. The molecule has 134 valence electrons. The van der Waals surface area contributed by atoms with Gasteiger partial charge in [-0.1, -0.05) is 6.07 Å². The number of ether oxygens (including phenoxy) is 2. The number of sulfone groups is 1. The first kappa shape index (κ1) is 19.0. The smallest absolute Gasteiger partial charge is 0.255 e. The molecule has 0 unspecified atom stereocenters. The Bertz CT molecular complexity index is 862. The maximum absolute atomic E-state index is 12.5. The van der Waals surface area contributed by atoms with Crippen LogP contribution in [0.25, 0.3) is 0 Å². The summed E-state index contributed by atoms with van der Waals surface area (Å²) in [7, 11) is -1.78. The molecule has 1 amide bonds. The van der Waals surface area contributed by atoms with Crippen molar-refractivity contribution in [3.8, 4) is 5.75 Å². The van der Waals surface area contributed by atoms with Crippen LogP contribution in [0.1, 0.15) is 22.8 Å². The molecule has 0 aromatic heterocycles. The van der Waals surface area contributed by atoms with Crippen molar-refractivity contribution >= 4 is 21.4 Å². The molecule has 0 heterocycles. The molecule has 1 N–H and O–H groups in total. The minimum Gasteiger partial charge on any atom is -0.496 e. The second kappa shape index (κ2) is 8.13. The number of hydrogen-bond donors (Lipinski definition) is 1. The molecule has 2 aromatic carbocycles. The molecule has 7 heteroatoms. The zero-order valence-corrected chi connectivity index (χ0v) is 15.2. The Hall–Kier alpha value is -2.38. The Balaban J connectivity index is 2.23. The fourth-order valence-corrected chi connectivity index (χ4v) is 2.92. The summed E-state index contributed by atoms with van der Waals surface area (Å²) >= 11 is 0. The summed E-state index contributed by atoms with van der Waals surface area (Å²) in [5, 5.41) is 2.71.